The van der Waals surface area contributed by atoms with Crippen LogP contribution < -0.4 is 19.1 Å². The van der Waals surface area contributed by atoms with Gasteiger partial charge >= 0.3 is 0 Å². The average molecular weight is 502 g/mol. The number of methoxy groups -OCH3 is 2. The highest BCUT2D eigenvalue weighted by molar-refractivity contribution is 6.51. The van der Waals surface area contributed by atoms with Gasteiger partial charge in [0, 0.05) is 23.8 Å². The molecule has 0 saturated carbocycles. The molecule has 192 valence electrons. The first-order valence-corrected chi connectivity index (χ1v) is 12.2. The zero-order valence-electron chi connectivity index (χ0n) is 21.6. The van der Waals surface area contributed by atoms with Gasteiger partial charge in [-0.15, -0.1) is 0 Å². The Morgan fingerprint density at radius 2 is 1.49 bits per heavy atom. The number of nitrogens with zero attached hydrogens (tertiary/aromatic N) is 1. The third-order valence-electron chi connectivity index (χ3n) is 6.26. The second-order valence-electron chi connectivity index (χ2n) is 9.03. The monoisotopic (exact) mass is 501 g/mol. The summed E-state index contributed by atoms with van der Waals surface area (Å²) in [5.74, 6) is -0.194. The molecule has 37 heavy (non-hydrogen) atoms. The van der Waals surface area contributed by atoms with E-state index < -0.39 is 17.7 Å². The van der Waals surface area contributed by atoms with Crippen molar-refractivity contribution in [3.63, 3.8) is 0 Å². The number of carbonyl (C=O) groups excluding carboxylic acids is 2. The summed E-state index contributed by atoms with van der Waals surface area (Å²) in [5, 5.41) is 11.4. The minimum atomic E-state index is -0.852. The molecule has 0 bridgehead atoms. The molecule has 1 heterocycles. The molecule has 1 unspecified atom stereocenters. The summed E-state index contributed by atoms with van der Waals surface area (Å²) in [6.07, 6.45) is 0.842. The van der Waals surface area contributed by atoms with Crippen LogP contribution in [0.5, 0.6) is 17.2 Å². The number of ketones is 1. The Balaban J connectivity index is 1.89. The van der Waals surface area contributed by atoms with Gasteiger partial charge in [0.1, 0.15) is 23.0 Å². The Hall–Kier alpha value is -4.26. The van der Waals surface area contributed by atoms with E-state index in [1.54, 1.807) is 42.5 Å². The molecule has 4 rings (SSSR count). The van der Waals surface area contributed by atoms with E-state index in [4.69, 9.17) is 14.2 Å². The maximum atomic E-state index is 13.5. The number of carbonyl (C=O) groups is 2. The van der Waals surface area contributed by atoms with Gasteiger partial charge in [-0.25, -0.2) is 0 Å². The van der Waals surface area contributed by atoms with Gasteiger partial charge in [-0.2, -0.15) is 0 Å². The van der Waals surface area contributed by atoms with Gasteiger partial charge in [0.05, 0.1) is 37.6 Å². The first-order valence-electron chi connectivity index (χ1n) is 12.2. The summed E-state index contributed by atoms with van der Waals surface area (Å²) in [4.78, 5) is 28.3. The topological polar surface area (TPSA) is 85.3 Å². The van der Waals surface area contributed by atoms with Crippen molar-refractivity contribution < 1.29 is 28.9 Å². The van der Waals surface area contributed by atoms with Gasteiger partial charge in [-0.3, -0.25) is 14.5 Å². The molecule has 1 aliphatic heterocycles. The lowest BCUT2D eigenvalue weighted by molar-refractivity contribution is -0.132. The number of amides is 1. The van der Waals surface area contributed by atoms with E-state index in [-0.39, 0.29) is 17.4 Å². The van der Waals surface area contributed by atoms with Gasteiger partial charge in [-0.1, -0.05) is 31.2 Å². The molecule has 1 fully saturated rings. The molecule has 1 aliphatic rings. The highest BCUT2D eigenvalue weighted by Gasteiger charge is 2.47. The van der Waals surface area contributed by atoms with E-state index in [2.05, 4.69) is 6.92 Å². The number of hydrogen-bond donors (Lipinski definition) is 1. The van der Waals surface area contributed by atoms with Crippen LogP contribution in [0.15, 0.2) is 72.3 Å². The van der Waals surface area contributed by atoms with Gasteiger partial charge < -0.3 is 19.3 Å². The van der Waals surface area contributed by atoms with Crippen molar-refractivity contribution in [3.8, 4) is 17.2 Å². The molecule has 7 heteroatoms. The molecule has 3 aromatic rings. The molecule has 3 aromatic carbocycles. The Morgan fingerprint density at radius 1 is 0.892 bits per heavy atom. The summed E-state index contributed by atoms with van der Waals surface area (Å²) >= 11 is 0. The summed E-state index contributed by atoms with van der Waals surface area (Å²) in [5.41, 5.74) is 2.65. The van der Waals surface area contributed by atoms with Crippen LogP contribution in [0.3, 0.4) is 0 Å². The van der Waals surface area contributed by atoms with E-state index in [0.29, 0.717) is 34.1 Å². The Bertz CT molecular complexity index is 1300. The number of Topliss-reactive ketones (excluding diaryl/α,β-unsaturated/α-hetero) is 1. The molecule has 1 saturated heterocycles. The number of hydrogen-bond acceptors (Lipinski definition) is 6. The fourth-order valence-corrected chi connectivity index (χ4v) is 4.40. The molecule has 0 aromatic heterocycles. The fraction of sp³-hybridized carbons (Fsp3) is 0.267. The van der Waals surface area contributed by atoms with Gasteiger partial charge in [0.2, 0.25) is 0 Å². The van der Waals surface area contributed by atoms with Crippen molar-refractivity contribution in [1.82, 2.24) is 0 Å². The van der Waals surface area contributed by atoms with Crippen molar-refractivity contribution in [3.05, 3.63) is 89.0 Å². The minimum Gasteiger partial charge on any atom is -0.507 e. The number of aliphatic hydroxyl groups excluding tert-OH is 1. The molecule has 1 amide bonds. The first-order chi connectivity index (χ1) is 17.8. The number of aliphatic hydroxyl groups is 1. The zero-order chi connectivity index (χ0) is 26.7. The van der Waals surface area contributed by atoms with Crippen LogP contribution in [0, 0.1) is 0 Å². The molecule has 7 nitrogen and oxygen atoms in total. The number of rotatable bonds is 8. The molecular weight excluding hydrogens is 470 g/mol. The van der Waals surface area contributed by atoms with Crippen molar-refractivity contribution in [2.45, 2.75) is 39.3 Å². The molecular formula is C30H31NO6. The largest absolute Gasteiger partial charge is 0.507 e. The third-order valence-corrected chi connectivity index (χ3v) is 6.26. The lowest BCUT2D eigenvalue weighted by Gasteiger charge is -2.26. The predicted molar refractivity (Wildman–Crippen MR) is 142 cm³/mol. The van der Waals surface area contributed by atoms with Gasteiger partial charge in [-0.05, 0) is 55.7 Å². The van der Waals surface area contributed by atoms with Crippen LogP contribution in [0.2, 0.25) is 0 Å². The van der Waals surface area contributed by atoms with Crippen molar-refractivity contribution in [2.24, 2.45) is 0 Å². The lowest BCUT2D eigenvalue weighted by Crippen LogP contribution is -2.29. The third kappa shape index (κ3) is 5.16. The lowest BCUT2D eigenvalue weighted by atomic mass is 9.94. The van der Waals surface area contributed by atoms with Crippen molar-refractivity contribution in [2.75, 3.05) is 19.1 Å². The Kier molecular flexibility index (Phi) is 7.53. The Morgan fingerprint density at radius 3 is 2.00 bits per heavy atom. The van der Waals surface area contributed by atoms with Crippen LogP contribution in [-0.2, 0) is 16.0 Å². The molecule has 0 aliphatic carbocycles. The Labute approximate surface area is 216 Å². The van der Waals surface area contributed by atoms with Crippen LogP contribution in [0.4, 0.5) is 5.69 Å². The average Bonchev–Trinajstić information content (AvgIpc) is 3.18. The predicted octanol–water partition coefficient (Wildman–Crippen LogP) is 5.68. The summed E-state index contributed by atoms with van der Waals surface area (Å²) < 4.78 is 16.5. The second kappa shape index (κ2) is 10.8. The molecule has 0 radical (unpaired) electrons. The normalized spacial score (nSPS) is 16.8. The standard InChI is InChI=1S/C30H31NO6/c1-6-19-7-9-20(10-8-19)27-26(28(32)21-11-13-23(14-12-21)37-18(2)3)29(33)30(34)31(27)22-15-24(35-4)17-25(16-22)36-5/h7-18,27,32H,6H2,1-5H3/b28-26+. The smallest absolute Gasteiger partial charge is 0.300 e. The zero-order valence-corrected chi connectivity index (χ0v) is 21.6. The maximum Gasteiger partial charge on any atom is 0.300 e. The van der Waals surface area contributed by atoms with E-state index in [1.807, 2.05) is 38.1 Å². The van der Waals surface area contributed by atoms with Crippen LogP contribution >= 0.6 is 0 Å². The quantitative estimate of drug-likeness (QED) is 0.243. The number of aryl methyl sites for hydroxylation is 1. The highest BCUT2D eigenvalue weighted by Crippen LogP contribution is 2.44. The summed E-state index contributed by atoms with van der Waals surface area (Å²) in [6.45, 7) is 5.90. The summed E-state index contributed by atoms with van der Waals surface area (Å²) in [7, 11) is 3.03. The van der Waals surface area contributed by atoms with E-state index in [0.717, 1.165) is 12.0 Å². The van der Waals surface area contributed by atoms with Crippen LogP contribution in [-0.4, -0.2) is 37.1 Å². The first kappa shape index (κ1) is 25.8. The summed E-state index contributed by atoms with van der Waals surface area (Å²) in [6, 6.07) is 18.6. The van der Waals surface area contributed by atoms with Crippen molar-refractivity contribution in [1.29, 1.82) is 0 Å². The fourth-order valence-electron chi connectivity index (χ4n) is 4.40. The van der Waals surface area contributed by atoms with E-state index >= 15 is 0 Å². The van der Waals surface area contributed by atoms with Crippen LogP contribution in [0.25, 0.3) is 5.76 Å². The van der Waals surface area contributed by atoms with Crippen LogP contribution in [0.1, 0.15) is 43.5 Å². The van der Waals surface area contributed by atoms with Crippen molar-refractivity contribution >= 4 is 23.1 Å². The molecule has 1 atom stereocenters. The number of anilines is 1. The number of benzene rings is 3. The molecule has 1 N–H and O–H groups in total. The van der Waals surface area contributed by atoms with Gasteiger partial charge in [0.25, 0.3) is 11.7 Å². The highest BCUT2D eigenvalue weighted by atomic mass is 16.5. The SMILES string of the molecule is CCc1ccc(C2/C(=C(\O)c3ccc(OC(C)C)cc3)C(=O)C(=O)N2c2cc(OC)cc(OC)c2)cc1. The maximum absolute atomic E-state index is 13.5. The van der Waals surface area contributed by atoms with E-state index in [9.17, 15) is 14.7 Å². The van der Waals surface area contributed by atoms with E-state index in [1.165, 1.54) is 19.1 Å². The second-order valence-corrected chi connectivity index (χ2v) is 9.03. The molecule has 0 spiro atoms. The number of ether oxygens (including phenoxy) is 3. The van der Waals surface area contributed by atoms with Gasteiger partial charge in [0.15, 0.2) is 0 Å². The minimum absolute atomic E-state index is 0.00396.